The summed E-state index contributed by atoms with van der Waals surface area (Å²) in [5, 5.41) is 9.00. The summed E-state index contributed by atoms with van der Waals surface area (Å²) in [6.07, 6.45) is -4.79. The smallest absolute Gasteiger partial charge is 0.393 e. The lowest BCUT2D eigenvalue weighted by Gasteiger charge is -2.18. The first kappa shape index (κ1) is 20.5. The number of hydrogen-bond acceptors (Lipinski definition) is 4. The number of rotatable bonds is 6. The van der Waals surface area contributed by atoms with Gasteiger partial charge in [0, 0.05) is 13.1 Å². The van der Waals surface area contributed by atoms with Gasteiger partial charge in [0.25, 0.3) is 0 Å². The normalized spacial score (nSPS) is 21.9. The molecule has 0 unspecified atom stereocenters. The van der Waals surface area contributed by atoms with Crippen LogP contribution in [0.2, 0.25) is 0 Å². The van der Waals surface area contributed by atoms with Gasteiger partial charge in [0.2, 0.25) is 10.0 Å². The molecule has 0 aliphatic carbocycles. The van der Waals surface area contributed by atoms with Crippen LogP contribution in [-0.2, 0) is 14.8 Å². The number of nitrogens with zero attached hydrogens (tertiary/aromatic N) is 1. The van der Waals surface area contributed by atoms with Gasteiger partial charge < -0.3 is 9.84 Å². The van der Waals surface area contributed by atoms with Crippen molar-refractivity contribution in [2.45, 2.75) is 24.9 Å². The van der Waals surface area contributed by atoms with Crippen molar-refractivity contribution in [2.75, 3.05) is 19.7 Å². The van der Waals surface area contributed by atoms with E-state index in [-0.39, 0.29) is 10.8 Å². The first-order chi connectivity index (χ1) is 11.9. The van der Waals surface area contributed by atoms with Crippen LogP contribution in [0.3, 0.4) is 0 Å². The molecule has 1 fully saturated rings. The molecule has 0 bridgehead atoms. The molecule has 0 amide bonds. The van der Waals surface area contributed by atoms with Crippen molar-refractivity contribution in [3.8, 4) is 5.75 Å². The van der Waals surface area contributed by atoms with E-state index in [1.165, 1.54) is 24.3 Å². The lowest BCUT2D eigenvalue weighted by Crippen LogP contribution is -2.34. The van der Waals surface area contributed by atoms with E-state index < -0.39 is 47.1 Å². The lowest BCUT2D eigenvalue weighted by molar-refractivity contribution is -0.187. The van der Waals surface area contributed by atoms with Gasteiger partial charge in [-0.3, -0.25) is 4.79 Å². The van der Waals surface area contributed by atoms with Gasteiger partial charge in [0.1, 0.15) is 5.75 Å². The largest absolute Gasteiger partial charge is 0.493 e. The Morgan fingerprint density at radius 3 is 2.27 bits per heavy atom. The Bertz CT molecular complexity index is 746. The quantitative estimate of drug-likeness (QED) is 0.801. The van der Waals surface area contributed by atoms with Gasteiger partial charge in [-0.25, -0.2) is 8.42 Å². The predicted octanol–water partition coefficient (Wildman–Crippen LogP) is 2.61. The summed E-state index contributed by atoms with van der Waals surface area (Å²) in [6.45, 7) is 2.71. The van der Waals surface area contributed by atoms with Gasteiger partial charge in [-0.05, 0) is 30.2 Å². The maximum Gasteiger partial charge on any atom is 0.393 e. The minimum atomic E-state index is -4.79. The molecule has 2 atom stereocenters. The van der Waals surface area contributed by atoms with Crippen LogP contribution in [-0.4, -0.2) is 49.7 Å². The highest BCUT2D eigenvalue weighted by molar-refractivity contribution is 7.89. The molecule has 1 aliphatic heterocycles. The lowest BCUT2D eigenvalue weighted by atomic mass is 9.96. The highest BCUT2D eigenvalue weighted by atomic mass is 32.2. The predicted molar refractivity (Wildman–Crippen MR) is 86.2 cm³/mol. The van der Waals surface area contributed by atoms with Crippen LogP contribution in [0.1, 0.15) is 13.8 Å². The molecular formula is C16H20F3NO5S. The molecule has 6 nitrogen and oxygen atoms in total. The molecule has 0 aromatic heterocycles. The molecule has 0 spiro atoms. The van der Waals surface area contributed by atoms with E-state index in [4.69, 9.17) is 9.84 Å². The van der Waals surface area contributed by atoms with Crippen molar-refractivity contribution in [2.24, 2.45) is 17.8 Å². The van der Waals surface area contributed by atoms with Crippen LogP contribution >= 0.6 is 0 Å². The molecule has 0 radical (unpaired) electrons. The number of carboxylic acid groups (broad SMARTS) is 1. The number of ether oxygens (including phenoxy) is 1. The Morgan fingerprint density at radius 2 is 1.85 bits per heavy atom. The molecule has 0 saturated carbocycles. The molecule has 10 heteroatoms. The van der Waals surface area contributed by atoms with E-state index >= 15 is 0 Å². The Kier molecular flexibility index (Phi) is 5.86. The number of aliphatic carboxylic acids is 1. The molecule has 1 aliphatic rings. The number of alkyl halides is 3. The minimum absolute atomic E-state index is 0.207. The fraction of sp³-hybridized carbons (Fsp3) is 0.562. The van der Waals surface area contributed by atoms with Crippen molar-refractivity contribution < 1.29 is 36.2 Å². The molecular weight excluding hydrogens is 375 g/mol. The summed E-state index contributed by atoms with van der Waals surface area (Å²) in [5.74, 6) is -5.00. The summed E-state index contributed by atoms with van der Waals surface area (Å²) in [5.41, 5.74) is 0. The van der Waals surface area contributed by atoms with Crippen molar-refractivity contribution in [3.63, 3.8) is 0 Å². The topological polar surface area (TPSA) is 83.9 Å². The fourth-order valence-corrected chi connectivity index (χ4v) is 4.16. The summed E-state index contributed by atoms with van der Waals surface area (Å²) >= 11 is 0. The first-order valence-corrected chi connectivity index (χ1v) is 9.39. The van der Waals surface area contributed by atoms with E-state index in [9.17, 15) is 26.4 Å². The zero-order chi connectivity index (χ0) is 19.7. The standard InChI is InChI=1S/C16H20F3NO5S/c1-10(2)9-25-11-3-5-12(6-4-11)26(23,24)20-7-13(15(21)22)14(8-20)16(17,18)19/h3-6,10,13-14H,7-9H2,1-2H3,(H,21,22)/t13-,14-/m1/s1. The molecule has 146 valence electrons. The Balaban J connectivity index is 2.21. The molecule has 26 heavy (non-hydrogen) atoms. The van der Waals surface area contributed by atoms with Crippen LogP contribution in [0.15, 0.2) is 29.2 Å². The van der Waals surface area contributed by atoms with E-state index in [0.717, 1.165) is 0 Å². The second-order valence-corrected chi connectivity index (χ2v) is 8.53. The van der Waals surface area contributed by atoms with Crippen molar-refractivity contribution in [3.05, 3.63) is 24.3 Å². The van der Waals surface area contributed by atoms with Gasteiger partial charge in [0.15, 0.2) is 0 Å². The highest BCUT2D eigenvalue weighted by Gasteiger charge is 2.54. The van der Waals surface area contributed by atoms with E-state index in [1.807, 2.05) is 13.8 Å². The summed E-state index contributed by atoms with van der Waals surface area (Å²) in [6, 6.07) is 5.31. The van der Waals surface area contributed by atoms with Gasteiger partial charge >= 0.3 is 12.1 Å². The van der Waals surface area contributed by atoms with E-state index in [0.29, 0.717) is 16.7 Å². The monoisotopic (exact) mass is 395 g/mol. The van der Waals surface area contributed by atoms with Crippen molar-refractivity contribution >= 4 is 16.0 Å². The second kappa shape index (κ2) is 7.43. The number of carboxylic acids is 1. The number of halogens is 3. The number of hydrogen-bond donors (Lipinski definition) is 1. The third-order valence-electron chi connectivity index (χ3n) is 4.07. The van der Waals surface area contributed by atoms with Crippen LogP contribution < -0.4 is 4.74 Å². The molecule has 2 rings (SSSR count). The summed E-state index contributed by atoms with van der Waals surface area (Å²) < 4.78 is 70.3. The zero-order valence-corrected chi connectivity index (χ0v) is 15.0. The van der Waals surface area contributed by atoms with Gasteiger partial charge in [-0.2, -0.15) is 17.5 Å². The number of carbonyl (C=O) groups is 1. The average molecular weight is 395 g/mol. The summed E-state index contributed by atoms with van der Waals surface area (Å²) in [7, 11) is -4.23. The van der Waals surface area contributed by atoms with Gasteiger partial charge in [-0.15, -0.1) is 0 Å². The highest BCUT2D eigenvalue weighted by Crippen LogP contribution is 2.39. The van der Waals surface area contributed by atoms with E-state index in [2.05, 4.69) is 0 Å². The number of benzene rings is 1. The van der Waals surface area contributed by atoms with Crippen molar-refractivity contribution in [1.29, 1.82) is 0 Å². The maximum absolute atomic E-state index is 13.0. The van der Waals surface area contributed by atoms with Crippen LogP contribution in [0.5, 0.6) is 5.75 Å². The minimum Gasteiger partial charge on any atom is -0.493 e. The van der Waals surface area contributed by atoms with Crippen LogP contribution in [0, 0.1) is 17.8 Å². The van der Waals surface area contributed by atoms with E-state index in [1.54, 1.807) is 0 Å². The van der Waals surface area contributed by atoms with Gasteiger partial charge in [-0.1, -0.05) is 13.8 Å². The van der Waals surface area contributed by atoms with Gasteiger partial charge in [0.05, 0.1) is 23.3 Å². The second-order valence-electron chi connectivity index (χ2n) is 6.59. The molecule has 1 aromatic carbocycles. The third-order valence-corrected chi connectivity index (χ3v) is 5.91. The fourth-order valence-electron chi connectivity index (χ4n) is 2.67. The molecule has 1 aromatic rings. The van der Waals surface area contributed by atoms with Crippen LogP contribution in [0.25, 0.3) is 0 Å². The third kappa shape index (κ3) is 4.47. The van der Waals surface area contributed by atoms with Crippen LogP contribution in [0.4, 0.5) is 13.2 Å². The first-order valence-electron chi connectivity index (χ1n) is 7.95. The summed E-state index contributed by atoms with van der Waals surface area (Å²) in [4.78, 5) is 10.9. The molecule has 1 heterocycles. The van der Waals surface area contributed by atoms with Crippen molar-refractivity contribution in [1.82, 2.24) is 4.31 Å². The molecule has 1 N–H and O–H groups in total. The Morgan fingerprint density at radius 1 is 1.27 bits per heavy atom. The number of sulfonamides is 1. The molecule has 1 saturated heterocycles. The zero-order valence-electron chi connectivity index (χ0n) is 14.2. The average Bonchev–Trinajstić information content (AvgIpc) is 3.00. The SMILES string of the molecule is CC(C)COc1ccc(S(=O)(=O)N2C[C@@H](C(F)(F)F)[C@H](C(=O)O)C2)cc1. The maximum atomic E-state index is 13.0. The Hall–Kier alpha value is -1.81. The Labute approximate surface area is 149 Å².